The largest absolute Gasteiger partial charge is 0.394 e. The van der Waals surface area contributed by atoms with Gasteiger partial charge < -0.3 is 40.3 Å². The maximum atomic E-state index is 13.0. The predicted molar refractivity (Wildman–Crippen MR) is 299 cm³/mol. The molecule has 1 saturated heterocycles. The zero-order valence-electron chi connectivity index (χ0n) is 44.9. The quantitative estimate of drug-likeness (QED) is 0.0261. The monoisotopic (exact) mass is 992 g/mol. The fourth-order valence-corrected chi connectivity index (χ4v) is 8.35. The highest BCUT2D eigenvalue weighted by Gasteiger charge is 2.44. The summed E-state index contributed by atoms with van der Waals surface area (Å²) in [6, 6.07) is -0.817. The minimum atomic E-state index is -1.57. The Bertz CT molecular complexity index is 1480. The molecule has 406 valence electrons. The van der Waals surface area contributed by atoms with E-state index in [0.717, 1.165) is 103 Å². The van der Waals surface area contributed by atoms with E-state index in [0.29, 0.717) is 6.42 Å². The molecule has 1 aliphatic rings. The van der Waals surface area contributed by atoms with Gasteiger partial charge in [-0.25, -0.2) is 0 Å². The molecule has 0 aromatic carbocycles. The standard InChI is InChI=1S/C62H105NO8/c1-3-5-7-9-11-13-15-17-19-20-21-22-23-24-25-26-27-28-29-30-31-32-33-34-35-36-38-40-42-44-46-48-50-52-58(66)63-55(54-70-62-61(69)60(68)59(67)57(53-64)71-62)56(65)51-49-47-45-43-41-39-37-18-16-14-12-10-8-6-4-2/h5,7,11,13,17,19,21-22,24-25,27-28,30-31,33-34,49,51,55-57,59-62,64-65,67-69H,3-4,6,8-10,12,14-16,18,20,23,26,29,32,35-48,50,52-54H2,1-2H3,(H,63,66)/b7-5-,13-11-,19-17-,22-21-,25-24-,28-27-,31-30-,34-33-,51-49+. The number of rotatable bonds is 47. The number of ether oxygens (including phenoxy) is 2. The van der Waals surface area contributed by atoms with Crippen molar-refractivity contribution in [1.29, 1.82) is 0 Å². The summed E-state index contributed by atoms with van der Waals surface area (Å²) in [5, 5.41) is 54.4. The summed E-state index contributed by atoms with van der Waals surface area (Å²) in [5.41, 5.74) is 0. The highest BCUT2D eigenvalue weighted by Crippen LogP contribution is 2.23. The SMILES string of the molecule is CC/C=C\C/C=C\C/C=C\C/C=C\C/C=C\C/C=C\C/C=C\C/C=C\CCCCCCCCCCC(=O)NC(COC1OC(CO)C(O)C(O)C1O)C(O)/C=C/CCCCCCCCCCCCCCC. The lowest BCUT2D eigenvalue weighted by Crippen LogP contribution is -2.60. The average Bonchev–Trinajstić information content (AvgIpc) is 3.37. The number of hydrogen-bond donors (Lipinski definition) is 6. The highest BCUT2D eigenvalue weighted by atomic mass is 16.7. The van der Waals surface area contributed by atoms with Crippen molar-refractivity contribution in [1.82, 2.24) is 5.32 Å². The number of hydrogen-bond acceptors (Lipinski definition) is 8. The van der Waals surface area contributed by atoms with Crippen molar-refractivity contribution in [3.05, 3.63) is 109 Å². The summed E-state index contributed by atoms with van der Waals surface area (Å²) in [7, 11) is 0. The Labute approximate surface area is 434 Å². The second-order valence-electron chi connectivity index (χ2n) is 19.4. The molecule has 1 amide bonds. The first kappa shape index (κ1) is 65.9. The molecule has 7 atom stereocenters. The van der Waals surface area contributed by atoms with Crippen LogP contribution in [0.4, 0.5) is 0 Å². The maximum Gasteiger partial charge on any atom is 0.220 e. The molecule has 6 N–H and O–H groups in total. The van der Waals surface area contributed by atoms with Crippen molar-refractivity contribution >= 4 is 5.91 Å². The molecule has 0 saturated carbocycles. The minimum Gasteiger partial charge on any atom is -0.394 e. The van der Waals surface area contributed by atoms with E-state index in [-0.39, 0.29) is 12.5 Å². The van der Waals surface area contributed by atoms with Crippen LogP contribution in [0, 0.1) is 0 Å². The van der Waals surface area contributed by atoms with Gasteiger partial charge in [0.2, 0.25) is 5.91 Å². The van der Waals surface area contributed by atoms with Gasteiger partial charge in [-0.15, -0.1) is 0 Å². The number of aliphatic hydroxyl groups excluding tert-OH is 5. The van der Waals surface area contributed by atoms with Crippen molar-refractivity contribution < 1.29 is 39.8 Å². The molecule has 9 nitrogen and oxygen atoms in total. The molecule has 0 radical (unpaired) electrons. The molecule has 0 aliphatic carbocycles. The summed E-state index contributed by atoms with van der Waals surface area (Å²) in [6.07, 6.45) is 67.1. The lowest BCUT2D eigenvalue weighted by molar-refractivity contribution is -0.302. The van der Waals surface area contributed by atoms with Crippen molar-refractivity contribution in [2.75, 3.05) is 13.2 Å². The van der Waals surface area contributed by atoms with E-state index in [2.05, 4.69) is 116 Å². The Morgan fingerprint density at radius 3 is 1.30 bits per heavy atom. The molecular weight excluding hydrogens is 887 g/mol. The van der Waals surface area contributed by atoms with E-state index in [1.165, 1.54) is 96.3 Å². The van der Waals surface area contributed by atoms with Crippen molar-refractivity contribution in [2.45, 2.75) is 262 Å². The third kappa shape index (κ3) is 40.0. The van der Waals surface area contributed by atoms with Crippen LogP contribution in [0.3, 0.4) is 0 Å². The fraction of sp³-hybridized carbons (Fsp3) is 0.694. The number of unbranched alkanes of at least 4 members (excludes halogenated alkanes) is 21. The summed E-state index contributed by atoms with van der Waals surface area (Å²) in [4.78, 5) is 13.0. The second-order valence-corrected chi connectivity index (χ2v) is 19.4. The lowest BCUT2D eigenvalue weighted by Gasteiger charge is -2.40. The Balaban J connectivity index is 2.22. The molecule has 1 fully saturated rings. The Kier molecular flexibility index (Phi) is 46.7. The molecule has 1 rings (SSSR count). The summed E-state index contributed by atoms with van der Waals surface area (Å²) >= 11 is 0. The smallest absolute Gasteiger partial charge is 0.220 e. The van der Waals surface area contributed by atoms with Gasteiger partial charge in [0.15, 0.2) is 6.29 Å². The average molecular weight is 993 g/mol. The number of nitrogens with one attached hydrogen (secondary N) is 1. The van der Waals surface area contributed by atoms with Crippen LogP contribution in [-0.4, -0.2) is 87.5 Å². The van der Waals surface area contributed by atoms with Gasteiger partial charge in [0.25, 0.3) is 0 Å². The Morgan fingerprint density at radius 1 is 0.493 bits per heavy atom. The van der Waals surface area contributed by atoms with Crippen LogP contribution >= 0.6 is 0 Å². The van der Waals surface area contributed by atoms with E-state index >= 15 is 0 Å². The third-order valence-corrected chi connectivity index (χ3v) is 12.9. The maximum absolute atomic E-state index is 13.0. The molecule has 7 unspecified atom stereocenters. The first-order valence-corrected chi connectivity index (χ1v) is 28.6. The van der Waals surface area contributed by atoms with Gasteiger partial charge >= 0.3 is 0 Å². The van der Waals surface area contributed by atoms with Crippen molar-refractivity contribution in [3.63, 3.8) is 0 Å². The summed E-state index contributed by atoms with van der Waals surface area (Å²) in [5.74, 6) is -0.190. The molecule has 0 bridgehead atoms. The van der Waals surface area contributed by atoms with Crippen molar-refractivity contribution in [2.24, 2.45) is 0 Å². The lowest BCUT2D eigenvalue weighted by atomic mass is 9.99. The molecule has 1 heterocycles. The molecule has 0 aromatic rings. The van der Waals surface area contributed by atoms with Gasteiger partial charge in [-0.05, 0) is 83.5 Å². The van der Waals surface area contributed by atoms with Crippen LogP contribution in [0.15, 0.2) is 109 Å². The molecule has 0 aromatic heterocycles. The summed E-state index contributed by atoms with van der Waals surface area (Å²) in [6.45, 7) is 3.65. The van der Waals surface area contributed by atoms with Gasteiger partial charge in [-0.1, -0.05) is 239 Å². The first-order valence-electron chi connectivity index (χ1n) is 28.6. The molecule has 9 heteroatoms. The zero-order valence-corrected chi connectivity index (χ0v) is 44.9. The van der Waals surface area contributed by atoms with E-state index < -0.39 is 49.5 Å². The van der Waals surface area contributed by atoms with E-state index in [4.69, 9.17) is 9.47 Å². The van der Waals surface area contributed by atoms with Crippen LogP contribution in [0.5, 0.6) is 0 Å². The molecule has 1 aliphatic heterocycles. The molecule has 71 heavy (non-hydrogen) atoms. The number of amides is 1. The van der Waals surface area contributed by atoms with Gasteiger partial charge in [0.05, 0.1) is 25.4 Å². The topological polar surface area (TPSA) is 149 Å². The minimum absolute atomic E-state index is 0.190. The highest BCUT2D eigenvalue weighted by molar-refractivity contribution is 5.76. The van der Waals surface area contributed by atoms with Crippen LogP contribution in [0.2, 0.25) is 0 Å². The first-order chi connectivity index (χ1) is 34.8. The van der Waals surface area contributed by atoms with Crippen LogP contribution in [-0.2, 0) is 14.3 Å². The molecule has 0 spiro atoms. The van der Waals surface area contributed by atoms with Gasteiger partial charge in [-0.3, -0.25) is 4.79 Å². The predicted octanol–water partition coefficient (Wildman–Crippen LogP) is 14.2. The van der Waals surface area contributed by atoms with Gasteiger partial charge in [0.1, 0.15) is 24.4 Å². The van der Waals surface area contributed by atoms with E-state index in [9.17, 15) is 30.3 Å². The van der Waals surface area contributed by atoms with Crippen LogP contribution in [0.25, 0.3) is 0 Å². The Morgan fingerprint density at radius 2 is 0.873 bits per heavy atom. The number of aliphatic hydroxyl groups is 5. The number of carbonyl (C=O) groups is 1. The van der Waals surface area contributed by atoms with E-state index in [1.54, 1.807) is 6.08 Å². The second kappa shape index (κ2) is 50.4. The van der Waals surface area contributed by atoms with E-state index in [1.807, 2.05) is 6.08 Å². The van der Waals surface area contributed by atoms with Crippen LogP contribution in [0.1, 0.15) is 219 Å². The number of allylic oxidation sites excluding steroid dienone is 17. The third-order valence-electron chi connectivity index (χ3n) is 12.9. The number of carbonyl (C=O) groups excluding carboxylic acids is 1. The zero-order chi connectivity index (χ0) is 51.5. The van der Waals surface area contributed by atoms with Crippen molar-refractivity contribution in [3.8, 4) is 0 Å². The van der Waals surface area contributed by atoms with Gasteiger partial charge in [0, 0.05) is 6.42 Å². The van der Waals surface area contributed by atoms with Crippen LogP contribution < -0.4 is 5.32 Å². The normalized spacial score (nSPS) is 20.1. The molecular formula is C62H105NO8. The summed E-state index contributed by atoms with van der Waals surface area (Å²) < 4.78 is 11.2. The Hall–Kier alpha value is -3.15. The fourth-order valence-electron chi connectivity index (χ4n) is 8.35. The van der Waals surface area contributed by atoms with Gasteiger partial charge in [-0.2, -0.15) is 0 Å².